The summed E-state index contributed by atoms with van der Waals surface area (Å²) in [5.74, 6) is -0.0286. The predicted octanol–water partition coefficient (Wildman–Crippen LogP) is 1.48. The first-order chi connectivity index (χ1) is 8.67. The Balaban J connectivity index is 2.34. The van der Waals surface area contributed by atoms with E-state index in [0.717, 1.165) is 0 Å². The summed E-state index contributed by atoms with van der Waals surface area (Å²) in [6, 6.07) is 2.82. The lowest BCUT2D eigenvalue weighted by Crippen LogP contribution is -2.16. The third-order valence-electron chi connectivity index (χ3n) is 2.58. The molecule has 6 heteroatoms. The number of fused-ring (bicyclic) bond motifs is 1. The van der Waals surface area contributed by atoms with Gasteiger partial charge in [-0.05, 0) is 24.6 Å². The second kappa shape index (κ2) is 5.22. The molecule has 1 aromatic carbocycles. The Hall–Kier alpha value is -1.82. The van der Waals surface area contributed by atoms with Crippen molar-refractivity contribution in [1.82, 2.24) is 0 Å². The number of aliphatic hydroxyl groups is 1. The minimum Gasteiger partial charge on any atom is -0.464 e. The number of halogens is 1. The molecule has 0 amide bonds. The number of aliphatic hydroxyl groups excluding tert-OH is 1. The molecule has 2 rings (SSSR count). The van der Waals surface area contributed by atoms with Crippen LogP contribution < -0.4 is 9.47 Å². The molecule has 1 unspecified atom stereocenters. The van der Waals surface area contributed by atoms with Crippen LogP contribution in [-0.4, -0.2) is 24.5 Å². The average molecular weight is 256 g/mol. The van der Waals surface area contributed by atoms with Crippen LogP contribution in [0, 0.1) is 0 Å². The summed E-state index contributed by atoms with van der Waals surface area (Å²) in [7, 11) is 0. The first-order valence-electron chi connectivity index (χ1n) is 5.50. The molecule has 1 N–H and O–H groups in total. The quantitative estimate of drug-likeness (QED) is 0.827. The van der Waals surface area contributed by atoms with Gasteiger partial charge in [-0.15, -0.1) is 0 Å². The van der Waals surface area contributed by atoms with Crippen LogP contribution in [0.25, 0.3) is 0 Å². The molecular formula is C12H13FO5. The second-order valence-corrected chi connectivity index (χ2v) is 3.69. The summed E-state index contributed by atoms with van der Waals surface area (Å²) in [5.41, 5.74) is 0.319. The molecule has 1 aliphatic heterocycles. The van der Waals surface area contributed by atoms with Crippen LogP contribution in [0.15, 0.2) is 12.1 Å². The monoisotopic (exact) mass is 256 g/mol. The average Bonchev–Trinajstić information content (AvgIpc) is 2.83. The van der Waals surface area contributed by atoms with Gasteiger partial charge in [0, 0.05) is 5.56 Å². The van der Waals surface area contributed by atoms with Gasteiger partial charge in [-0.3, -0.25) is 0 Å². The maximum atomic E-state index is 12.9. The van der Waals surface area contributed by atoms with Gasteiger partial charge in [-0.1, -0.05) is 0 Å². The maximum Gasteiger partial charge on any atom is 0.339 e. The van der Waals surface area contributed by atoms with Crippen molar-refractivity contribution in [2.45, 2.75) is 19.7 Å². The van der Waals surface area contributed by atoms with Crippen molar-refractivity contribution >= 4 is 5.97 Å². The number of alkyl halides is 1. The molecule has 98 valence electrons. The molecule has 0 fully saturated rings. The van der Waals surface area contributed by atoms with Gasteiger partial charge < -0.3 is 19.3 Å². The number of esters is 1. The van der Waals surface area contributed by atoms with Crippen LogP contribution in [0.1, 0.15) is 24.2 Å². The highest BCUT2D eigenvalue weighted by atomic mass is 19.1. The van der Waals surface area contributed by atoms with E-state index in [-0.39, 0.29) is 24.5 Å². The van der Waals surface area contributed by atoms with Gasteiger partial charge in [0.2, 0.25) is 6.79 Å². The molecule has 18 heavy (non-hydrogen) atoms. The fourth-order valence-corrected chi connectivity index (χ4v) is 1.72. The van der Waals surface area contributed by atoms with Gasteiger partial charge in [0.1, 0.15) is 6.67 Å². The molecule has 0 radical (unpaired) electrons. The van der Waals surface area contributed by atoms with Crippen LogP contribution in [-0.2, 0) is 16.2 Å². The van der Waals surface area contributed by atoms with Crippen LogP contribution in [0.2, 0.25) is 0 Å². The minimum atomic E-state index is -1.52. The molecule has 1 heterocycles. The molecule has 5 nitrogen and oxygen atoms in total. The summed E-state index contributed by atoms with van der Waals surface area (Å²) in [6.45, 7) is 0.994. The Kier molecular flexibility index (Phi) is 3.66. The number of benzene rings is 1. The van der Waals surface area contributed by atoms with Crippen molar-refractivity contribution < 1.29 is 28.5 Å². The van der Waals surface area contributed by atoms with E-state index in [0.29, 0.717) is 11.5 Å². The number of carbonyl (C=O) groups excluding carboxylic acids is 1. The van der Waals surface area contributed by atoms with E-state index in [1.807, 2.05) is 0 Å². The fraction of sp³-hybridized carbons (Fsp3) is 0.417. The summed E-state index contributed by atoms with van der Waals surface area (Å²) < 4.78 is 27.8. The largest absolute Gasteiger partial charge is 0.464 e. The van der Waals surface area contributed by atoms with Crippen LogP contribution in [0.4, 0.5) is 4.39 Å². The molecule has 0 aromatic heterocycles. The van der Waals surface area contributed by atoms with Gasteiger partial charge in [0.25, 0.3) is 0 Å². The number of hydrogen-bond donors (Lipinski definition) is 1. The number of ether oxygens (including phenoxy) is 3. The van der Waals surface area contributed by atoms with E-state index in [9.17, 15) is 14.3 Å². The fourth-order valence-electron chi connectivity index (χ4n) is 1.72. The molecular weight excluding hydrogens is 243 g/mol. The second-order valence-electron chi connectivity index (χ2n) is 3.69. The topological polar surface area (TPSA) is 65.0 Å². The molecule has 1 aromatic rings. The third kappa shape index (κ3) is 2.24. The van der Waals surface area contributed by atoms with Crippen molar-refractivity contribution in [2.24, 2.45) is 0 Å². The van der Waals surface area contributed by atoms with Crippen molar-refractivity contribution in [3.63, 3.8) is 0 Å². The Morgan fingerprint density at radius 1 is 1.50 bits per heavy atom. The molecule has 1 aliphatic rings. The van der Waals surface area contributed by atoms with Crippen LogP contribution in [0.5, 0.6) is 11.5 Å². The van der Waals surface area contributed by atoms with E-state index in [1.54, 1.807) is 6.92 Å². The lowest BCUT2D eigenvalue weighted by atomic mass is 10.0. The summed E-state index contributed by atoms with van der Waals surface area (Å²) in [4.78, 5) is 11.4. The molecule has 0 saturated carbocycles. The maximum absolute atomic E-state index is 12.9. The highest BCUT2D eigenvalue weighted by Gasteiger charge is 2.26. The zero-order chi connectivity index (χ0) is 13.1. The van der Waals surface area contributed by atoms with E-state index >= 15 is 0 Å². The molecule has 1 atom stereocenters. The lowest BCUT2D eigenvalue weighted by Gasteiger charge is -2.13. The van der Waals surface area contributed by atoms with Crippen LogP contribution >= 0.6 is 0 Å². The first-order valence-corrected chi connectivity index (χ1v) is 5.50. The predicted molar refractivity (Wildman–Crippen MR) is 59.0 cm³/mol. The van der Waals surface area contributed by atoms with Crippen molar-refractivity contribution in [3.05, 3.63) is 23.3 Å². The van der Waals surface area contributed by atoms with Crippen molar-refractivity contribution in [3.8, 4) is 11.5 Å². The third-order valence-corrected chi connectivity index (χ3v) is 2.58. The zero-order valence-corrected chi connectivity index (χ0v) is 9.81. The SMILES string of the molecule is CCOC(=O)C(O)c1cc2c(cc1CF)OCO2. The number of rotatable bonds is 4. The Morgan fingerprint density at radius 2 is 2.17 bits per heavy atom. The molecule has 0 saturated heterocycles. The van der Waals surface area contributed by atoms with Gasteiger partial charge in [0.15, 0.2) is 17.6 Å². The van der Waals surface area contributed by atoms with E-state index < -0.39 is 18.7 Å². The summed E-state index contributed by atoms with van der Waals surface area (Å²) in [6.07, 6.45) is -1.52. The molecule has 0 spiro atoms. The standard InChI is InChI=1S/C12H13FO5/c1-2-16-12(15)11(14)8-4-10-9(17-6-18-10)3-7(8)5-13/h3-4,11,14H,2,5-6H2,1H3. The van der Waals surface area contributed by atoms with E-state index in [4.69, 9.17) is 14.2 Å². The van der Waals surface area contributed by atoms with Crippen molar-refractivity contribution in [2.75, 3.05) is 13.4 Å². The normalized spacial score (nSPS) is 14.4. The molecule has 0 bridgehead atoms. The van der Waals surface area contributed by atoms with Gasteiger partial charge in [0.05, 0.1) is 6.61 Å². The smallest absolute Gasteiger partial charge is 0.339 e. The lowest BCUT2D eigenvalue weighted by molar-refractivity contribution is -0.153. The minimum absolute atomic E-state index is 0.0417. The number of hydrogen-bond acceptors (Lipinski definition) is 5. The number of carbonyl (C=O) groups is 1. The highest BCUT2D eigenvalue weighted by Crippen LogP contribution is 2.37. The highest BCUT2D eigenvalue weighted by molar-refractivity contribution is 5.77. The van der Waals surface area contributed by atoms with Gasteiger partial charge in [-0.25, -0.2) is 9.18 Å². The van der Waals surface area contributed by atoms with Gasteiger partial charge in [-0.2, -0.15) is 0 Å². The first kappa shape index (κ1) is 12.6. The summed E-state index contributed by atoms with van der Waals surface area (Å²) in [5, 5.41) is 9.83. The Labute approximate surface area is 103 Å². The summed E-state index contributed by atoms with van der Waals surface area (Å²) >= 11 is 0. The van der Waals surface area contributed by atoms with E-state index in [2.05, 4.69) is 0 Å². The van der Waals surface area contributed by atoms with Crippen LogP contribution in [0.3, 0.4) is 0 Å². The van der Waals surface area contributed by atoms with Crippen molar-refractivity contribution in [1.29, 1.82) is 0 Å². The van der Waals surface area contributed by atoms with E-state index in [1.165, 1.54) is 12.1 Å². The zero-order valence-electron chi connectivity index (χ0n) is 9.81. The van der Waals surface area contributed by atoms with Gasteiger partial charge >= 0.3 is 5.97 Å². The Bertz CT molecular complexity index is 460. The Morgan fingerprint density at radius 3 is 2.78 bits per heavy atom. The molecule has 0 aliphatic carbocycles.